The van der Waals surface area contributed by atoms with Crippen molar-refractivity contribution in [2.45, 2.75) is 13.8 Å². The minimum absolute atomic E-state index is 0.628. The van der Waals surface area contributed by atoms with Crippen LogP contribution in [0.1, 0.15) is 16.8 Å². The summed E-state index contributed by atoms with van der Waals surface area (Å²) in [5.74, 6) is 1.68. The van der Waals surface area contributed by atoms with Crippen molar-refractivity contribution in [3.05, 3.63) is 34.6 Å². The summed E-state index contributed by atoms with van der Waals surface area (Å²) >= 11 is 1.67. The lowest BCUT2D eigenvalue weighted by Crippen LogP contribution is -2.47. The van der Waals surface area contributed by atoms with Crippen LogP contribution < -0.4 is 9.80 Å². The van der Waals surface area contributed by atoms with Gasteiger partial charge in [-0.05, 0) is 30.9 Å². The van der Waals surface area contributed by atoms with E-state index in [-0.39, 0.29) is 0 Å². The lowest BCUT2D eigenvalue weighted by molar-refractivity contribution is 0.638. The quantitative estimate of drug-likeness (QED) is 0.700. The van der Waals surface area contributed by atoms with Gasteiger partial charge in [-0.3, -0.25) is 0 Å². The Kier molecular flexibility index (Phi) is 3.93. The Morgan fingerprint density at radius 2 is 1.76 bits per heavy atom. The van der Waals surface area contributed by atoms with E-state index in [9.17, 15) is 5.26 Å². The molecule has 0 amide bonds. The molecule has 0 N–H and O–H groups in total. The Balaban J connectivity index is 1.58. The number of hydrogen-bond donors (Lipinski definition) is 0. The molecule has 7 nitrogen and oxygen atoms in total. The van der Waals surface area contributed by atoms with Crippen molar-refractivity contribution < 1.29 is 0 Å². The lowest BCUT2D eigenvalue weighted by Gasteiger charge is -2.36. The maximum atomic E-state index is 9.51. The second-order valence-electron chi connectivity index (χ2n) is 6.03. The van der Waals surface area contributed by atoms with E-state index >= 15 is 0 Å². The Labute approximate surface area is 149 Å². The van der Waals surface area contributed by atoms with Crippen LogP contribution in [-0.4, -0.2) is 46.3 Å². The fourth-order valence-electron chi connectivity index (χ4n) is 3.08. The molecule has 0 atom stereocenters. The fraction of sp³-hybridized carbons (Fsp3) is 0.353. The van der Waals surface area contributed by atoms with Crippen LogP contribution in [0.15, 0.2) is 17.8 Å². The van der Waals surface area contributed by atoms with Crippen molar-refractivity contribution in [1.82, 2.24) is 20.2 Å². The normalized spacial score (nSPS) is 14.8. The molecule has 1 fully saturated rings. The molecule has 0 aromatic carbocycles. The number of aromatic nitrogens is 4. The Morgan fingerprint density at radius 1 is 1.04 bits per heavy atom. The van der Waals surface area contributed by atoms with E-state index in [0.717, 1.165) is 53.5 Å². The highest BCUT2D eigenvalue weighted by Crippen LogP contribution is 2.29. The van der Waals surface area contributed by atoms with Gasteiger partial charge in [-0.25, -0.2) is 9.97 Å². The van der Waals surface area contributed by atoms with Crippen molar-refractivity contribution >= 4 is 33.2 Å². The second kappa shape index (κ2) is 6.26. The zero-order chi connectivity index (χ0) is 17.4. The number of aryl methyl sites for hydroxylation is 1. The van der Waals surface area contributed by atoms with Crippen molar-refractivity contribution in [3.63, 3.8) is 0 Å². The Bertz CT molecular complexity index is 967. The molecule has 0 radical (unpaired) electrons. The van der Waals surface area contributed by atoms with Crippen LogP contribution in [0.3, 0.4) is 0 Å². The molecule has 0 spiro atoms. The number of thiophene rings is 1. The maximum absolute atomic E-state index is 9.51. The predicted molar refractivity (Wildman–Crippen MR) is 98.1 cm³/mol. The number of nitriles is 1. The monoisotopic (exact) mass is 351 g/mol. The van der Waals surface area contributed by atoms with E-state index in [4.69, 9.17) is 0 Å². The summed E-state index contributed by atoms with van der Waals surface area (Å²) in [6.07, 6.45) is 1.62. The van der Waals surface area contributed by atoms with Gasteiger partial charge in [-0.1, -0.05) is 0 Å². The number of fused-ring (bicyclic) bond motifs is 1. The highest BCUT2D eigenvalue weighted by molar-refractivity contribution is 7.17. The third-order valence-electron chi connectivity index (χ3n) is 4.65. The summed E-state index contributed by atoms with van der Waals surface area (Å²) in [5, 5.41) is 20.0. The van der Waals surface area contributed by atoms with Gasteiger partial charge < -0.3 is 9.80 Å². The first-order valence-electron chi connectivity index (χ1n) is 8.11. The van der Waals surface area contributed by atoms with Crippen molar-refractivity contribution in [2.24, 2.45) is 0 Å². The molecular formula is C17H17N7S. The van der Waals surface area contributed by atoms with E-state index in [1.807, 2.05) is 25.3 Å². The third kappa shape index (κ3) is 2.66. The summed E-state index contributed by atoms with van der Waals surface area (Å²) in [6.45, 7) is 7.02. The Hall–Kier alpha value is -2.79. The molecule has 0 saturated carbocycles. The molecule has 3 aromatic rings. The maximum Gasteiger partial charge on any atom is 0.169 e. The van der Waals surface area contributed by atoms with Crippen LogP contribution in [-0.2, 0) is 0 Å². The van der Waals surface area contributed by atoms with Gasteiger partial charge in [-0.2, -0.15) is 10.4 Å². The molecule has 1 saturated heterocycles. The van der Waals surface area contributed by atoms with Crippen LogP contribution in [0.25, 0.3) is 10.2 Å². The van der Waals surface area contributed by atoms with Crippen LogP contribution in [0, 0.1) is 25.2 Å². The van der Waals surface area contributed by atoms with Crippen molar-refractivity contribution in [3.8, 4) is 6.07 Å². The minimum atomic E-state index is 0.628. The van der Waals surface area contributed by atoms with E-state index < -0.39 is 0 Å². The molecule has 3 aromatic heterocycles. The molecule has 8 heteroatoms. The summed E-state index contributed by atoms with van der Waals surface area (Å²) in [4.78, 5) is 13.2. The number of hydrogen-bond acceptors (Lipinski definition) is 8. The molecule has 1 aliphatic heterocycles. The van der Waals surface area contributed by atoms with Gasteiger partial charge in [0.25, 0.3) is 0 Å². The summed E-state index contributed by atoms with van der Waals surface area (Å²) in [7, 11) is 0. The van der Waals surface area contributed by atoms with Gasteiger partial charge in [0.1, 0.15) is 23.8 Å². The molecule has 4 heterocycles. The van der Waals surface area contributed by atoms with E-state index in [1.54, 1.807) is 17.7 Å². The first-order chi connectivity index (χ1) is 12.2. The average Bonchev–Trinajstić information content (AvgIpc) is 3.13. The van der Waals surface area contributed by atoms with Gasteiger partial charge in [-0.15, -0.1) is 16.4 Å². The zero-order valence-electron chi connectivity index (χ0n) is 14.1. The van der Waals surface area contributed by atoms with Crippen LogP contribution in [0.5, 0.6) is 0 Å². The standard InChI is InChI=1S/C17H17N7S/c1-11-12(2)21-22-16(13(11)9-18)23-4-6-24(7-5-23)17-15-14(3-8-25-15)19-10-20-17/h3,8,10H,4-7H2,1-2H3. The van der Waals surface area contributed by atoms with Gasteiger partial charge in [0.15, 0.2) is 5.82 Å². The van der Waals surface area contributed by atoms with E-state index in [0.29, 0.717) is 11.4 Å². The first-order valence-corrected chi connectivity index (χ1v) is 8.99. The second-order valence-corrected chi connectivity index (χ2v) is 6.94. The van der Waals surface area contributed by atoms with Crippen molar-refractivity contribution in [2.75, 3.05) is 36.0 Å². The number of nitrogens with zero attached hydrogens (tertiary/aromatic N) is 7. The lowest BCUT2D eigenvalue weighted by atomic mass is 10.1. The average molecular weight is 351 g/mol. The smallest absolute Gasteiger partial charge is 0.169 e. The van der Waals surface area contributed by atoms with Gasteiger partial charge in [0.2, 0.25) is 0 Å². The molecule has 126 valence electrons. The largest absolute Gasteiger partial charge is 0.352 e. The number of piperazine rings is 1. The van der Waals surface area contributed by atoms with Crippen LogP contribution in [0.4, 0.5) is 11.6 Å². The number of anilines is 2. The van der Waals surface area contributed by atoms with Gasteiger partial charge in [0, 0.05) is 26.2 Å². The third-order valence-corrected chi connectivity index (χ3v) is 5.55. The zero-order valence-corrected chi connectivity index (χ0v) is 14.9. The van der Waals surface area contributed by atoms with Crippen LogP contribution in [0.2, 0.25) is 0 Å². The summed E-state index contributed by atoms with van der Waals surface area (Å²) in [6, 6.07) is 4.31. The minimum Gasteiger partial charge on any atom is -0.352 e. The number of rotatable bonds is 2. The van der Waals surface area contributed by atoms with Gasteiger partial charge >= 0.3 is 0 Å². The molecule has 1 aliphatic rings. The Morgan fingerprint density at radius 3 is 2.48 bits per heavy atom. The first kappa shape index (κ1) is 15.7. The van der Waals surface area contributed by atoms with E-state index in [1.165, 1.54) is 0 Å². The van der Waals surface area contributed by atoms with Gasteiger partial charge in [0.05, 0.1) is 15.9 Å². The molecule has 0 bridgehead atoms. The molecular weight excluding hydrogens is 334 g/mol. The SMILES string of the molecule is Cc1nnc(N2CCN(c3ncnc4ccsc34)CC2)c(C#N)c1C. The topological polar surface area (TPSA) is 81.8 Å². The van der Waals surface area contributed by atoms with Crippen LogP contribution >= 0.6 is 11.3 Å². The predicted octanol–water partition coefficient (Wildman–Crippen LogP) is 2.30. The highest BCUT2D eigenvalue weighted by atomic mass is 32.1. The van der Waals surface area contributed by atoms with Crippen molar-refractivity contribution in [1.29, 1.82) is 5.26 Å². The molecule has 25 heavy (non-hydrogen) atoms. The van der Waals surface area contributed by atoms with E-state index in [2.05, 4.69) is 36.0 Å². The highest BCUT2D eigenvalue weighted by Gasteiger charge is 2.24. The summed E-state index contributed by atoms with van der Waals surface area (Å²) in [5.41, 5.74) is 3.33. The fourth-order valence-corrected chi connectivity index (χ4v) is 3.94. The summed E-state index contributed by atoms with van der Waals surface area (Å²) < 4.78 is 1.12. The molecule has 4 rings (SSSR count). The molecule has 0 unspecified atom stereocenters. The molecule has 0 aliphatic carbocycles.